The van der Waals surface area contributed by atoms with E-state index in [4.69, 9.17) is 4.74 Å². The standard InChI is InChI=1S/C16H26N4O2/c1-12-6-13(2)20(17-12)5-4-16(21)19-8-14-7-18(3)9-15(19)11-22-10-14/h6,14-15H,4-5,7-11H2,1-3H3/t14-,15-/m0/s1. The van der Waals surface area contributed by atoms with Crippen LogP contribution in [0, 0.1) is 19.8 Å². The highest BCUT2D eigenvalue weighted by atomic mass is 16.5. The minimum Gasteiger partial charge on any atom is -0.379 e. The van der Waals surface area contributed by atoms with Gasteiger partial charge in [0.2, 0.25) is 5.91 Å². The molecule has 0 radical (unpaired) electrons. The van der Waals surface area contributed by atoms with Gasteiger partial charge in [-0.2, -0.15) is 5.10 Å². The molecule has 6 nitrogen and oxygen atoms in total. The van der Waals surface area contributed by atoms with E-state index in [1.807, 2.05) is 29.5 Å². The highest BCUT2D eigenvalue weighted by Gasteiger charge is 2.34. The molecule has 2 bridgehead atoms. The van der Waals surface area contributed by atoms with Crippen LogP contribution in [0.3, 0.4) is 0 Å². The van der Waals surface area contributed by atoms with Crippen molar-refractivity contribution in [2.24, 2.45) is 5.92 Å². The molecule has 0 saturated carbocycles. The lowest BCUT2D eigenvalue weighted by molar-refractivity contribution is -0.134. The number of carbonyl (C=O) groups excluding carboxylic acids is 1. The fourth-order valence-electron chi connectivity index (χ4n) is 3.63. The predicted octanol–water partition coefficient (Wildman–Crippen LogP) is 0.679. The number of amides is 1. The Morgan fingerprint density at radius 1 is 1.32 bits per heavy atom. The van der Waals surface area contributed by atoms with E-state index in [1.165, 1.54) is 0 Å². The zero-order valence-corrected chi connectivity index (χ0v) is 13.8. The largest absolute Gasteiger partial charge is 0.379 e. The number of carbonyl (C=O) groups is 1. The van der Waals surface area contributed by atoms with Gasteiger partial charge in [-0.25, -0.2) is 0 Å². The lowest BCUT2D eigenvalue weighted by atomic mass is 10.1. The number of aromatic nitrogens is 2. The highest BCUT2D eigenvalue weighted by molar-refractivity contribution is 5.76. The first-order chi connectivity index (χ1) is 10.5. The Bertz CT molecular complexity index is 542. The summed E-state index contributed by atoms with van der Waals surface area (Å²) in [6.45, 7) is 8.84. The molecule has 6 heteroatoms. The molecule has 0 aliphatic carbocycles. The molecule has 22 heavy (non-hydrogen) atoms. The van der Waals surface area contributed by atoms with Gasteiger partial charge >= 0.3 is 0 Å². The molecular weight excluding hydrogens is 280 g/mol. The average Bonchev–Trinajstić information content (AvgIpc) is 2.62. The number of likely N-dealkylation sites (N-methyl/N-ethyl adjacent to an activating group) is 1. The smallest absolute Gasteiger partial charge is 0.224 e. The van der Waals surface area contributed by atoms with Crippen molar-refractivity contribution in [3.05, 3.63) is 17.5 Å². The third-order valence-electron chi connectivity index (χ3n) is 4.61. The van der Waals surface area contributed by atoms with E-state index in [1.54, 1.807) is 0 Å². The zero-order valence-electron chi connectivity index (χ0n) is 13.8. The van der Waals surface area contributed by atoms with Gasteiger partial charge in [-0.05, 0) is 27.0 Å². The van der Waals surface area contributed by atoms with Crippen molar-refractivity contribution >= 4 is 5.91 Å². The van der Waals surface area contributed by atoms with E-state index in [0.717, 1.165) is 37.6 Å². The molecule has 0 aromatic carbocycles. The maximum atomic E-state index is 12.7. The van der Waals surface area contributed by atoms with Gasteiger partial charge < -0.3 is 14.5 Å². The normalized spacial score (nSPS) is 26.0. The molecule has 0 N–H and O–H groups in total. The van der Waals surface area contributed by atoms with Gasteiger partial charge in [-0.15, -0.1) is 0 Å². The van der Waals surface area contributed by atoms with Crippen LogP contribution in [0.1, 0.15) is 17.8 Å². The maximum Gasteiger partial charge on any atom is 0.224 e. The predicted molar refractivity (Wildman–Crippen MR) is 83.6 cm³/mol. The molecule has 3 heterocycles. The number of rotatable bonds is 3. The van der Waals surface area contributed by atoms with E-state index in [2.05, 4.69) is 17.0 Å². The molecule has 2 aliphatic heterocycles. The van der Waals surface area contributed by atoms with Gasteiger partial charge in [0.15, 0.2) is 0 Å². The van der Waals surface area contributed by atoms with E-state index < -0.39 is 0 Å². The Labute approximate surface area is 132 Å². The second-order valence-electron chi connectivity index (χ2n) is 6.72. The second-order valence-corrected chi connectivity index (χ2v) is 6.72. The van der Waals surface area contributed by atoms with Crippen LogP contribution in [-0.2, 0) is 16.1 Å². The van der Waals surface area contributed by atoms with E-state index in [9.17, 15) is 4.79 Å². The molecule has 2 fully saturated rings. The fraction of sp³-hybridized carbons (Fsp3) is 0.750. The number of hydrogen-bond donors (Lipinski definition) is 0. The highest BCUT2D eigenvalue weighted by Crippen LogP contribution is 2.19. The summed E-state index contributed by atoms with van der Waals surface area (Å²) in [5, 5.41) is 4.44. The van der Waals surface area contributed by atoms with Crippen LogP contribution in [0.15, 0.2) is 6.07 Å². The van der Waals surface area contributed by atoms with Crippen molar-refractivity contribution in [1.82, 2.24) is 19.6 Å². The summed E-state index contributed by atoms with van der Waals surface area (Å²) >= 11 is 0. The molecule has 1 amide bonds. The lowest BCUT2D eigenvalue weighted by Gasteiger charge is -2.29. The summed E-state index contributed by atoms with van der Waals surface area (Å²) in [5.74, 6) is 0.651. The monoisotopic (exact) mass is 306 g/mol. The molecule has 2 aliphatic rings. The topological polar surface area (TPSA) is 50.6 Å². The maximum absolute atomic E-state index is 12.7. The van der Waals surface area contributed by atoms with Crippen molar-refractivity contribution in [3.8, 4) is 0 Å². The first-order valence-electron chi connectivity index (χ1n) is 8.09. The second kappa shape index (κ2) is 6.38. The summed E-state index contributed by atoms with van der Waals surface area (Å²) in [6.07, 6.45) is 0.509. The fourth-order valence-corrected chi connectivity index (χ4v) is 3.63. The number of ether oxygens (including phenoxy) is 1. The van der Waals surface area contributed by atoms with Gasteiger partial charge in [-0.3, -0.25) is 9.48 Å². The summed E-state index contributed by atoms with van der Waals surface area (Å²) in [4.78, 5) is 17.1. The molecular formula is C16H26N4O2. The summed E-state index contributed by atoms with van der Waals surface area (Å²) in [7, 11) is 2.13. The minimum absolute atomic E-state index is 0.186. The van der Waals surface area contributed by atoms with Crippen LogP contribution in [0.25, 0.3) is 0 Å². The molecule has 0 unspecified atom stereocenters. The first-order valence-corrected chi connectivity index (χ1v) is 8.09. The molecule has 2 saturated heterocycles. The third-order valence-corrected chi connectivity index (χ3v) is 4.61. The Kier molecular flexibility index (Phi) is 4.49. The van der Waals surface area contributed by atoms with Crippen molar-refractivity contribution in [1.29, 1.82) is 0 Å². The van der Waals surface area contributed by atoms with Crippen LogP contribution < -0.4 is 0 Å². The van der Waals surface area contributed by atoms with Crippen LogP contribution in [0.5, 0.6) is 0 Å². The van der Waals surface area contributed by atoms with E-state index >= 15 is 0 Å². The Morgan fingerprint density at radius 2 is 2.14 bits per heavy atom. The van der Waals surface area contributed by atoms with Crippen LogP contribution >= 0.6 is 0 Å². The van der Waals surface area contributed by atoms with Crippen LogP contribution in [0.2, 0.25) is 0 Å². The van der Waals surface area contributed by atoms with Gasteiger partial charge in [0.1, 0.15) is 0 Å². The minimum atomic E-state index is 0.186. The number of aryl methyl sites for hydroxylation is 3. The quantitative estimate of drug-likeness (QED) is 0.824. The van der Waals surface area contributed by atoms with Crippen molar-refractivity contribution in [3.63, 3.8) is 0 Å². The van der Waals surface area contributed by atoms with Gasteiger partial charge in [0.25, 0.3) is 0 Å². The molecule has 3 rings (SSSR count). The van der Waals surface area contributed by atoms with Crippen LogP contribution in [0.4, 0.5) is 0 Å². The molecule has 2 atom stereocenters. The average molecular weight is 306 g/mol. The van der Waals surface area contributed by atoms with Gasteiger partial charge in [0, 0.05) is 44.2 Å². The van der Waals surface area contributed by atoms with Crippen LogP contribution in [-0.4, -0.2) is 71.4 Å². The summed E-state index contributed by atoms with van der Waals surface area (Å²) in [5.41, 5.74) is 2.12. The molecule has 0 spiro atoms. The molecule has 122 valence electrons. The zero-order chi connectivity index (χ0) is 15.7. The lowest BCUT2D eigenvalue weighted by Crippen LogP contribution is -2.46. The van der Waals surface area contributed by atoms with E-state index in [0.29, 0.717) is 25.5 Å². The number of fused-ring (bicyclic) bond motifs is 3. The summed E-state index contributed by atoms with van der Waals surface area (Å²) in [6, 6.07) is 2.23. The molecule has 1 aromatic rings. The summed E-state index contributed by atoms with van der Waals surface area (Å²) < 4.78 is 7.67. The number of hydrogen-bond acceptors (Lipinski definition) is 4. The van der Waals surface area contributed by atoms with E-state index in [-0.39, 0.29) is 11.9 Å². The molecule has 1 aromatic heterocycles. The van der Waals surface area contributed by atoms with Gasteiger partial charge in [0.05, 0.1) is 24.9 Å². The Balaban J connectivity index is 1.65. The number of nitrogens with zero attached hydrogens (tertiary/aromatic N) is 4. The Morgan fingerprint density at radius 3 is 2.86 bits per heavy atom. The van der Waals surface area contributed by atoms with Crippen molar-refractivity contribution < 1.29 is 9.53 Å². The van der Waals surface area contributed by atoms with Gasteiger partial charge in [-0.1, -0.05) is 0 Å². The Hall–Kier alpha value is -1.40. The first kappa shape index (κ1) is 15.5. The van der Waals surface area contributed by atoms with Crippen molar-refractivity contribution in [2.45, 2.75) is 32.9 Å². The SMILES string of the molecule is Cc1cc(C)n(CCC(=O)N2C[C@H]3COC[C@@H]2CN(C)C3)n1. The third kappa shape index (κ3) is 3.33. The van der Waals surface area contributed by atoms with Crippen molar-refractivity contribution in [2.75, 3.05) is 39.9 Å².